The Balaban J connectivity index is 2.77. The van der Waals surface area contributed by atoms with E-state index in [1.807, 2.05) is 26.0 Å². The molecule has 4 nitrogen and oxygen atoms in total. The Kier molecular flexibility index (Phi) is 5.03. The number of nitrogens with zero attached hydrogens (tertiary/aromatic N) is 1. The van der Waals surface area contributed by atoms with E-state index < -0.39 is 5.92 Å². The first-order valence-corrected chi connectivity index (χ1v) is 5.99. The van der Waals surface area contributed by atoms with Crippen molar-refractivity contribution in [3.05, 3.63) is 23.9 Å². The summed E-state index contributed by atoms with van der Waals surface area (Å²) >= 11 is 4.90. The van der Waals surface area contributed by atoms with Gasteiger partial charge in [0.15, 0.2) is 0 Å². The average molecular weight is 251 g/mol. The lowest BCUT2D eigenvalue weighted by atomic mass is 10.0. The van der Waals surface area contributed by atoms with Crippen LogP contribution in [0.2, 0.25) is 0 Å². The third-order valence-corrected chi connectivity index (χ3v) is 2.77. The van der Waals surface area contributed by atoms with Crippen LogP contribution < -0.4 is 11.1 Å². The maximum Gasteiger partial charge on any atom is 0.235 e. The van der Waals surface area contributed by atoms with Crippen molar-refractivity contribution in [1.82, 2.24) is 4.98 Å². The van der Waals surface area contributed by atoms with Gasteiger partial charge >= 0.3 is 0 Å². The summed E-state index contributed by atoms with van der Waals surface area (Å²) in [5.74, 6) is -0.0348. The molecule has 0 aliphatic carbocycles. The van der Waals surface area contributed by atoms with Crippen molar-refractivity contribution in [2.24, 2.45) is 11.7 Å². The fourth-order valence-electron chi connectivity index (χ4n) is 1.51. The van der Waals surface area contributed by atoms with Gasteiger partial charge in [0.05, 0.1) is 10.9 Å². The van der Waals surface area contributed by atoms with E-state index in [0.29, 0.717) is 12.2 Å². The van der Waals surface area contributed by atoms with E-state index in [9.17, 15) is 4.79 Å². The molecule has 0 aromatic carbocycles. The van der Waals surface area contributed by atoms with Crippen molar-refractivity contribution >= 4 is 28.9 Å². The normalized spacial score (nSPS) is 11.9. The van der Waals surface area contributed by atoms with Crippen LogP contribution in [0, 0.1) is 12.8 Å². The predicted octanol–water partition coefficient (Wildman–Crippen LogP) is 2.03. The Morgan fingerprint density at radius 1 is 1.65 bits per heavy atom. The first-order chi connectivity index (χ1) is 8.06. The molecule has 0 saturated heterocycles. The van der Waals surface area contributed by atoms with Crippen molar-refractivity contribution in [3.63, 3.8) is 0 Å². The highest BCUT2D eigenvalue weighted by atomic mass is 32.1. The van der Waals surface area contributed by atoms with Crippen LogP contribution in [0.15, 0.2) is 18.3 Å². The van der Waals surface area contributed by atoms with Crippen molar-refractivity contribution in [2.45, 2.75) is 26.7 Å². The van der Waals surface area contributed by atoms with Gasteiger partial charge in [-0.05, 0) is 25.0 Å². The summed E-state index contributed by atoms with van der Waals surface area (Å²) in [7, 11) is 0. The first kappa shape index (κ1) is 13.6. The van der Waals surface area contributed by atoms with Crippen molar-refractivity contribution in [1.29, 1.82) is 0 Å². The van der Waals surface area contributed by atoms with E-state index in [0.717, 1.165) is 12.0 Å². The molecule has 1 aromatic rings. The van der Waals surface area contributed by atoms with Gasteiger partial charge in [-0.2, -0.15) is 0 Å². The number of carbonyl (C=O) groups excluding carboxylic acids is 1. The molecule has 1 amide bonds. The second-order valence-electron chi connectivity index (χ2n) is 3.90. The SMILES string of the molecule is CCCC(C(=O)Nc1ncccc1C)C(N)=S. The predicted molar refractivity (Wildman–Crippen MR) is 72.8 cm³/mol. The summed E-state index contributed by atoms with van der Waals surface area (Å²) in [6.07, 6.45) is 3.15. The van der Waals surface area contributed by atoms with Crippen molar-refractivity contribution in [3.8, 4) is 0 Å². The average Bonchev–Trinajstić information content (AvgIpc) is 2.28. The standard InChI is InChI=1S/C12H17N3OS/c1-3-5-9(10(13)17)12(16)15-11-8(2)6-4-7-14-11/h4,6-7,9H,3,5H2,1-2H3,(H2,13,17)(H,14,15,16). The van der Waals surface area contributed by atoms with Crippen LogP contribution in [0.5, 0.6) is 0 Å². The summed E-state index contributed by atoms with van der Waals surface area (Å²) in [6, 6.07) is 3.71. The van der Waals surface area contributed by atoms with Crippen LogP contribution in [-0.4, -0.2) is 15.9 Å². The van der Waals surface area contributed by atoms with Gasteiger partial charge in [0.1, 0.15) is 5.82 Å². The highest BCUT2D eigenvalue weighted by molar-refractivity contribution is 7.80. The second-order valence-corrected chi connectivity index (χ2v) is 4.37. The van der Waals surface area contributed by atoms with E-state index in [2.05, 4.69) is 10.3 Å². The molecule has 3 N–H and O–H groups in total. The molecule has 0 saturated carbocycles. The number of aromatic nitrogens is 1. The summed E-state index contributed by atoms with van der Waals surface area (Å²) in [5.41, 5.74) is 6.48. The number of pyridine rings is 1. The molecule has 0 fully saturated rings. The lowest BCUT2D eigenvalue weighted by Crippen LogP contribution is -2.33. The molecule has 0 radical (unpaired) electrons. The van der Waals surface area contributed by atoms with E-state index in [1.54, 1.807) is 6.20 Å². The zero-order valence-electron chi connectivity index (χ0n) is 10.1. The van der Waals surface area contributed by atoms with Gasteiger partial charge in [0.2, 0.25) is 5.91 Å². The number of rotatable bonds is 5. The van der Waals surface area contributed by atoms with Gasteiger partial charge in [-0.15, -0.1) is 0 Å². The molecule has 1 unspecified atom stereocenters. The molecule has 1 rings (SSSR count). The quantitative estimate of drug-likeness (QED) is 0.786. The molecular weight excluding hydrogens is 234 g/mol. The van der Waals surface area contributed by atoms with Gasteiger partial charge in [0.25, 0.3) is 0 Å². The Morgan fingerprint density at radius 2 is 2.35 bits per heavy atom. The smallest absolute Gasteiger partial charge is 0.235 e. The number of amides is 1. The Bertz CT molecular complexity index is 420. The van der Waals surface area contributed by atoms with E-state index in [1.165, 1.54) is 0 Å². The molecule has 5 heteroatoms. The molecule has 1 heterocycles. The van der Waals surface area contributed by atoms with E-state index >= 15 is 0 Å². The summed E-state index contributed by atoms with van der Waals surface area (Å²) in [4.78, 5) is 16.3. The maximum absolute atomic E-state index is 12.0. The molecule has 0 aliphatic rings. The van der Waals surface area contributed by atoms with Gasteiger partial charge in [-0.3, -0.25) is 4.79 Å². The molecule has 17 heavy (non-hydrogen) atoms. The van der Waals surface area contributed by atoms with Crippen LogP contribution >= 0.6 is 12.2 Å². The third-order valence-electron chi connectivity index (χ3n) is 2.49. The maximum atomic E-state index is 12.0. The lowest BCUT2D eigenvalue weighted by molar-refractivity contribution is -0.118. The number of anilines is 1. The fraction of sp³-hybridized carbons (Fsp3) is 0.417. The number of aryl methyl sites for hydroxylation is 1. The minimum absolute atomic E-state index is 0.179. The zero-order chi connectivity index (χ0) is 12.8. The molecular formula is C12H17N3OS. The number of carbonyl (C=O) groups is 1. The summed E-state index contributed by atoms with van der Waals surface area (Å²) in [6.45, 7) is 3.88. The van der Waals surface area contributed by atoms with Crippen LogP contribution in [0.1, 0.15) is 25.3 Å². The molecule has 1 atom stereocenters. The molecule has 0 aliphatic heterocycles. The first-order valence-electron chi connectivity index (χ1n) is 5.58. The molecule has 0 bridgehead atoms. The van der Waals surface area contributed by atoms with Gasteiger partial charge < -0.3 is 11.1 Å². The van der Waals surface area contributed by atoms with E-state index in [-0.39, 0.29) is 10.9 Å². The fourth-order valence-corrected chi connectivity index (χ4v) is 1.74. The summed E-state index contributed by atoms with van der Waals surface area (Å²) < 4.78 is 0. The van der Waals surface area contributed by atoms with Crippen LogP contribution in [0.4, 0.5) is 5.82 Å². The second kappa shape index (κ2) is 6.30. The molecule has 0 spiro atoms. The number of nitrogens with one attached hydrogen (secondary N) is 1. The highest BCUT2D eigenvalue weighted by Crippen LogP contribution is 2.13. The van der Waals surface area contributed by atoms with Gasteiger partial charge in [-0.1, -0.05) is 31.6 Å². The summed E-state index contributed by atoms with van der Waals surface area (Å²) in [5, 5.41) is 2.76. The van der Waals surface area contributed by atoms with Crippen molar-refractivity contribution in [2.75, 3.05) is 5.32 Å². The highest BCUT2D eigenvalue weighted by Gasteiger charge is 2.21. The minimum atomic E-state index is -0.420. The Hall–Kier alpha value is -1.49. The van der Waals surface area contributed by atoms with E-state index in [4.69, 9.17) is 18.0 Å². The van der Waals surface area contributed by atoms with Gasteiger partial charge in [-0.25, -0.2) is 4.98 Å². The largest absolute Gasteiger partial charge is 0.393 e. The minimum Gasteiger partial charge on any atom is -0.393 e. The van der Waals surface area contributed by atoms with Crippen LogP contribution in [0.25, 0.3) is 0 Å². The number of nitrogens with two attached hydrogens (primary N) is 1. The van der Waals surface area contributed by atoms with Gasteiger partial charge in [0, 0.05) is 6.20 Å². The topological polar surface area (TPSA) is 68.0 Å². The number of hydrogen-bond donors (Lipinski definition) is 2. The number of hydrogen-bond acceptors (Lipinski definition) is 3. The third kappa shape index (κ3) is 3.78. The molecule has 92 valence electrons. The lowest BCUT2D eigenvalue weighted by Gasteiger charge is -2.14. The molecule has 1 aromatic heterocycles. The monoisotopic (exact) mass is 251 g/mol. The van der Waals surface area contributed by atoms with Crippen LogP contribution in [-0.2, 0) is 4.79 Å². The Labute approximate surface area is 107 Å². The van der Waals surface area contributed by atoms with Crippen molar-refractivity contribution < 1.29 is 4.79 Å². The Morgan fingerprint density at radius 3 is 2.88 bits per heavy atom. The van der Waals surface area contributed by atoms with Crippen LogP contribution in [0.3, 0.4) is 0 Å². The number of thiocarbonyl (C=S) groups is 1. The zero-order valence-corrected chi connectivity index (χ0v) is 10.9.